The summed E-state index contributed by atoms with van der Waals surface area (Å²) < 4.78 is 8.38. The molecule has 0 radical (unpaired) electrons. The van der Waals surface area contributed by atoms with E-state index < -0.39 is 0 Å². The number of aromatic nitrogens is 2. The maximum Gasteiger partial charge on any atom is 0.266 e. The highest BCUT2D eigenvalue weighted by Gasteiger charge is 2.37. The fourth-order valence-corrected chi connectivity index (χ4v) is 6.14. The molecule has 0 spiro atoms. The zero-order valence-corrected chi connectivity index (χ0v) is 22.2. The third-order valence-corrected chi connectivity index (χ3v) is 8.04. The Morgan fingerprint density at radius 2 is 1.83 bits per heavy atom. The van der Waals surface area contributed by atoms with Crippen LogP contribution in [0.5, 0.6) is 5.75 Å². The number of amides is 1. The zero-order valence-electron chi connectivity index (χ0n) is 20.6. The lowest BCUT2D eigenvalue weighted by Gasteiger charge is -2.29. The van der Waals surface area contributed by atoms with E-state index in [1.807, 2.05) is 76.5 Å². The highest BCUT2D eigenvalue weighted by Crippen LogP contribution is 2.38. The second-order valence-corrected chi connectivity index (χ2v) is 11.0. The molecule has 1 saturated carbocycles. The number of hydrogen-bond acceptors (Lipinski definition) is 5. The van der Waals surface area contributed by atoms with Crippen LogP contribution in [0, 0.1) is 0 Å². The first-order valence-electron chi connectivity index (χ1n) is 12.8. The second kappa shape index (κ2) is 11.4. The van der Waals surface area contributed by atoms with Crippen LogP contribution in [0.1, 0.15) is 57.4 Å². The average molecular weight is 518 g/mol. The molecule has 2 heterocycles. The smallest absolute Gasteiger partial charge is 0.266 e. The molecule has 1 saturated heterocycles. The lowest BCUT2D eigenvalue weighted by molar-refractivity contribution is -0.124. The van der Waals surface area contributed by atoms with Crippen molar-refractivity contribution in [2.24, 2.45) is 0 Å². The molecule has 1 aliphatic heterocycles. The number of carbonyl (C=O) groups excluding carboxylic acids is 1. The summed E-state index contributed by atoms with van der Waals surface area (Å²) in [6.07, 6.45) is 11.7. The molecule has 3 aromatic rings. The largest absolute Gasteiger partial charge is 0.494 e. The van der Waals surface area contributed by atoms with E-state index >= 15 is 0 Å². The van der Waals surface area contributed by atoms with Gasteiger partial charge in [-0.3, -0.25) is 9.69 Å². The van der Waals surface area contributed by atoms with Crippen molar-refractivity contribution in [1.29, 1.82) is 0 Å². The minimum absolute atomic E-state index is 0.0231. The van der Waals surface area contributed by atoms with Crippen molar-refractivity contribution in [3.05, 3.63) is 71.3 Å². The lowest BCUT2D eigenvalue weighted by Crippen LogP contribution is -2.39. The third-order valence-electron chi connectivity index (χ3n) is 6.71. The predicted molar refractivity (Wildman–Crippen MR) is 151 cm³/mol. The molecule has 0 atom stereocenters. The van der Waals surface area contributed by atoms with Gasteiger partial charge in [-0.15, -0.1) is 0 Å². The van der Waals surface area contributed by atoms with Gasteiger partial charge in [-0.05, 0) is 61.7 Å². The van der Waals surface area contributed by atoms with Crippen molar-refractivity contribution >= 4 is 40.3 Å². The summed E-state index contributed by atoms with van der Waals surface area (Å²) in [4.78, 5) is 15.9. The fourth-order valence-electron chi connectivity index (χ4n) is 4.75. The molecule has 2 fully saturated rings. The molecule has 5 nitrogen and oxygen atoms in total. The summed E-state index contributed by atoms with van der Waals surface area (Å²) in [5.74, 6) is 0.875. The quantitative estimate of drug-likeness (QED) is 0.179. The third kappa shape index (κ3) is 5.42. The van der Waals surface area contributed by atoms with Gasteiger partial charge in [0, 0.05) is 23.4 Å². The number of unbranched alkanes of at least 4 members (excludes halogenated alkanes) is 1. The molecule has 0 bridgehead atoms. The second-order valence-electron chi connectivity index (χ2n) is 9.28. The molecule has 36 heavy (non-hydrogen) atoms. The number of thioether (sulfide) groups is 1. The molecule has 186 valence electrons. The van der Waals surface area contributed by atoms with E-state index in [1.54, 1.807) is 0 Å². The molecule has 0 N–H and O–H groups in total. The SMILES string of the molecule is CCCCOc1ccc(-c2nn(-c3ccccc3)cc2/C=C2\SC(=S)N(C3CCCCC3)C2=O)cc1. The van der Waals surface area contributed by atoms with Gasteiger partial charge in [0.2, 0.25) is 0 Å². The number of nitrogens with zero attached hydrogens (tertiary/aromatic N) is 3. The van der Waals surface area contributed by atoms with Gasteiger partial charge >= 0.3 is 0 Å². The Labute approximate surface area is 222 Å². The predicted octanol–water partition coefficient (Wildman–Crippen LogP) is 7.25. The summed E-state index contributed by atoms with van der Waals surface area (Å²) in [6.45, 7) is 2.87. The summed E-state index contributed by atoms with van der Waals surface area (Å²) in [5, 5.41) is 4.92. The van der Waals surface area contributed by atoms with Crippen LogP contribution in [0.4, 0.5) is 0 Å². The number of thiocarbonyl (C=S) groups is 1. The van der Waals surface area contributed by atoms with Gasteiger partial charge in [0.25, 0.3) is 5.91 Å². The fraction of sp³-hybridized carbons (Fsp3) is 0.345. The normalized spacial score (nSPS) is 17.8. The molecule has 5 rings (SSSR count). The molecule has 1 amide bonds. The number of para-hydroxylation sites is 1. The number of benzene rings is 2. The van der Waals surface area contributed by atoms with Gasteiger partial charge < -0.3 is 4.74 Å². The van der Waals surface area contributed by atoms with Gasteiger partial charge in [0.15, 0.2) is 0 Å². The van der Waals surface area contributed by atoms with E-state index in [2.05, 4.69) is 6.92 Å². The Morgan fingerprint density at radius 3 is 2.56 bits per heavy atom. The number of rotatable bonds is 8. The van der Waals surface area contributed by atoms with E-state index in [-0.39, 0.29) is 11.9 Å². The Balaban J connectivity index is 1.47. The van der Waals surface area contributed by atoms with Gasteiger partial charge in [-0.25, -0.2) is 4.68 Å². The van der Waals surface area contributed by atoms with Gasteiger partial charge in [-0.1, -0.05) is 74.8 Å². The van der Waals surface area contributed by atoms with Crippen molar-refractivity contribution in [1.82, 2.24) is 14.7 Å². The minimum atomic E-state index is 0.0231. The van der Waals surface area contributed by atoms with Gasteiger partial charge in [0.05, 0.1) is 22.9 Å². The van der Waals surface area contributed by atoms with Crippen LogP contribution in [-0.4, -0.2) is 37.6 Å². The Morgan fingerprint density at radius 1 is 1.08 bits per heavy atom. The minimum Gasteiger partial charge on any atom is -0.494 e. The Bertz CT molecular complexity index is 1250. The van der Waals surface area contributed by atoms with Gasteiger partial charge in [-0.2, -0.15) is 5.10 Å². The first kappa shape index (κ1) is 24.8. The van der Waals surface area contributed by atoms with E-state index in [4.69, 9.17) is 22.1 Å². The van der Waals surface area contributed by atoms with Crippen LogP contribution < -0.4 is 4.74 Å². The summed E-state index contributed by atoms with van der Waals surface area (Å²) in [6, 6.07) is 18.3. The number of hydrogen-bond donors (Lipinski definition) is 0. The van der Waals surface area contributed by atoms with Crippen LogP contribution in [-0.2, 0) is 4.79 Å². The van der Waals surface area contributed by atoms with E-state index in [0.717, 1.165) is 66.8 Å². The topological polar surface area (TPSA) is 47.4 Å². The van der Waals surface area contributed by atoms with Crippen LogP contribution >= 0.6 is 24.0 Å². The monoisotopic (exact) mass is 517 g/mol. The first-order valence-corrected chi connectivity index (χ1v) is 14.0. The Kier molecular flexibility index (Phi) is 7.87. The van der Waals surface area contributed by atoms with E-state index in [0.29, 0.717) is 15.8 Å². The Hall–Kier alpha value is -2.90. The maximum absolute atomic E-state index is 13.4. The highest BCUT2D eigenvalue weighted by atomic mass is 32.2. The van der Waals surface area contributed by atoms with Crippen molar-refractivity contribution in [2.45, 2.75) is 57.9 Å². The van der Waals surface area contributed by atoms with E-state index in [1.165, 1.54) is 18.2 Å². The molecule has 1 aliphatic carbocycles. The van der Waals surface area contributed by atoms with Crippen LogP contribution in [0.15, 0.2) is 65.7 Å². The first-order chi connectivity index (χ1) is 17.6. The summed E-state index contributed by atoms with van der Waals surface area (Å²) in [5.41, 5.74) is 3.65. The van der Waals surface area contributed by atoms with Crippen LogP contribution in [0.25, 0.3) is 23.0 Å². The molecular formula is C29H31N3O2S2. The highest BCUT2D eigenvalue weighted by molar-refractivity contribution is 8.26. The number of carbonyl (C=O) groups is 1. The summed E-state index contributed by atoms with van der Waals surface area (Å²) >= 11 is 7.05. The lowest BCUT2D eigenvalue weighted by atomic mass is 9.94. The van der Waals surface area contributed by atoms with Crippen molar-refractivity contribution in [3.8, 4) is 22.7 Å². The van der Waals surface area contributed by atoms with E-state index in [9.17, 15) is 4.79 Å². The van der Waals surface area contributed by atoms with Crippen molar-refractivity contribution in [2.75, 3.05) is 6.61 Å². The summed E-state index contributed by atoms with van der Waals surface area (Å²) in [7, 11) is 0. The van der Waals surface area contributed by atoms with Crippen molar-refractivity contribution < 1.29 is 9.53 Å². The average Bonchev–Trinajstić information content (AvgIpc) is 3.46. The van der Waals surface area contributed by atoms with Crippen molar-refractivity contribution in [3.63, 3.8) is 0 Å². The van der Waals surface area contributed by atoms with Crippen LogP contribution in [0.2, 0.25) is 0 Å². The molecule has 0 unspecified atom stereocenters. The molecule has 2 aliphatic rings. The number of ether oxygens (including phenoxy) is 1. The maximum atomic E-state index is 13.4. The van der Waals surface area contributed by atoms with Gasteiger partial charge in [0.1, 0.15) is 10.1 Å². The molecule has 7 heteroatoms. The molecular weight excluding hydrogens is 486 g/mol. The van der Waals surface area contributed by atoms with Crippen LogP contribution in [0.3, 0.4) is 0 Å². The standard InChI is InChI=1S/C29H31N3O2S2/c1-2-3-18-34-25-16-14-21(15-17-25)27-22(20-31(30-27)23-10-6-4-7-11-23)19-26-28(33)32(29(35)36-26)24-12-8-5-9-13-24/h4,6-7,10-11,14-17,19-20,24H,2-3,5,8-9,12-13,18H2,1H3/b26-19-. The molecule has 2 aromatic carbocycles. The zero-order chi connectivity index (χ0) is 24.9. The molecule has 1 aromatic heterocycles.